The molecule has 114 valence electrons. The first-order chi connectivity index (χ1) is 10.8. The lowest BCUT2D eigenvalue weighted by Gasteiger charge is -2.05. The minimum absolute atomic E-state index is 0.298. The van der Waals surface area contributed by atoms with Crippen molar-refractivity contribution in [1.29, 1.82) is 0 Å². The molecule has 0 radical (unpaired) electrons. The second kappa shape index (κ2) is 6.75. The number of fused-ring (bicyclic) bond motifs is 1. The van der Waals surface area contributed by atoms with E-state index in [1.807, 2.05) is 55.5 Å². The summed E-state index contributed by atoms with van der Waals surface area (Å²) in [5.74, 6) is 1.38. The molecule has 5 heteroatoms. The Balaban J connectivity index is 1.65. The fourth-order valence-corrected chi connectivity index (χ4v) is 3.12. The number of hydrogen-bond acceptors (Lipinski definition) is 4. The number of ether oxygens (including phenoxy) is 1. The third-order valence-corrected chi connectivity index (χ3v) is 4.28. The van der Waals surface area contributed by atoms with E-state index in [0.29, 0.717) is 18.7 Å². The Morgan fingerprint density at radius 1 is 1.14 bits per heavy atom. The third-order valence-electron chi connectivity index (χ3n) is 3.29. The summed E-state index contributed by atoms with van der Waals surface area (Å²) in [4.78, 5) is 13.0. The van der Waals surface area contributed by atoms with Crippen molar-refractivity contribution < 1.29 is 9.15 Å². The first kappa shape index (κ1) is 14.8. The lowest BCUT2D eigenvalue weighted by atomic mass is 10.3. The SMILES string of the molecule is CCOc1ccc(SCCn2c(=O)oc3ccccc32)cc1. The van der Waals surface area contributed by atoms with Gasteiger partial charge in [-0.3, -0.25) is 4.57 Å². The van der Waals surface area contributed by atoms with Crippen LogP contribution < -0.4 is 10.5 Å². The van der Waals surface area contributed by atoms with E-state index in [2.05, 4.69) is 0 Å². The summed E-state index contributed by atoms with van der Waals surface area (Å²) in [6.45, 7) is 3.26. The molecule has 0 saturated carbocycles. The Hall–Kier alpha value is -2.14. The molecule has 0 aliphatic heterocycles. The number of aromatic nitrogens is 1. The smallest absolute Gasteiger partial charge is 0.419 e. The van der Waals surface area contributed by atoms with Crippen molar-refractivity contribution in [1.82, 2.24) is 4.57 Å². The molecule has 0 atom stereocenters. The van der Waals surface area contributed by atoms with Gasteiger partial charge in [-0.25, -0.2) is 4.79 Å². The number of nitrogens with zero attached hydrogens (tertiary/aromatic N) is 1. The Morgan fingerprint density at radius 3 is 2.68 bits per heavy atom. The van der Waals surface area contributed by atoms with Crippen LogP contribution in [-0.2, 0) is 6.54 Å². The molecule has 0 saturated heterocycles. The quantitative estimate of drug-likeness (QED) is 0.649. The van der Waals surface area contributed by atoms with E-state index in [1.165, 1.54) is 0 Å². The monoisotopic (exact) mass is 315 g/mol. The van der Waals surface area contributed by atoms with Crippen LogP contribution in [0.25, 0.3) is 11.1 Å². The second-order valence-corrected chi connectivity index (χ2v) is 5.91. The lowest BCUT2D eigenvalue weighted by Crippen LogP contribution is -2.15. The lowest BCUT2D eigenvalue weighted by molar-refractivity contribution is 0.340. The molecular weight excluding hydrogens is 298 g/mol. The zero-order chi connectivity index (χ0) is 15.4. The number of rotatable bonds is 6. The average molecular weight is 315 g/mol. The molecule has 0 aliphatic carbocycles. The van der Waals surface area contributed by atoms with Gasteiger partial charge in [-0.15, -0.1) is 11.8 Å². The van der Waals surface area contributed by atoms with Crippen LogP contribution in [0.3, 0.4) is 0 Å². The van der Waals surface area contributed by atoms with Gasteiger partial charge in [-0.2, -0.15) is 0 Å². The summed E-state index contributed by atoms with van der Waals surface area (Å²) in [5.41, 5.74) is 1.48. The van der Waals surface area contributed by atoms with Crippen LogP contribution in [0.4, 0.5) is 0 Å². The molecule has 2 aromatic carbocycles. The van der Waals surface area contributed by atoms with E-state index in [-0.39, 0.29) is 5.76 Å². The summed E-state index contributed by atoms with van der Waals surface area (Å²) in [7, 11) is 0. The third kappa shape index (κ3) is 3.20. The van der Waals surface area contributed by atoms with E-state index < -0.39 is 0 Å². The van der Waals surface area contributed by atoms with Crippen molar-refractivity contribution in [3.05, 3.63) is 59.1 Å². The summed E-state index contributed by atoms with van der Waals surface area (Å²) in [6, 6.07) is 15.5. The molecular formula is C17H17NO3S. The van der Waals surface area contributed by atoms with Crippen molar-refractivity contribution in [3.63, 3.8) is 0 Å². The first-order valence-corrected chi connectivity index (χ1v) is 8.20. The van der Waals surface area contributed by atoms with E-state index >= 15 is 0 Å². The zero-order valence-corrected chi connectivity index (χ0v) is 13.1. The zero-order valence-electron chi connectivity index (χ0n) is 12.3. The van der Waals surface area contributed by atoms with Crippen molar-refractivity contribution in [2.45, 2.75) is 18.4 Å². The van der Waals surface area contributed by atoms with E-state index in [9.17, 15) is 4.79 Å². The molecule has 3 aromatic rings. The summed E-state index contributed by atoms with van der Waals surface area (Å²) < 4.78 is 12.3. The highest BCUT2D eigenvalue weighted by Crippen LogP contribution is 2.22. The summed E-state index contributed by atoms with van der Waals surface area (Å²) in [5, 5.41) is 0. The van der Waals surface area contributed by atoms with Gasteiger partial charge in [0.05, 0.1) is 12.1 Å². The van der Waals surface area contributed by atoms with Gasteiger partial charge in [0.1, 0.15) is 5.75 Å². The number of thioether (sulfide) groups is 1. The number of hydrogen-bond donors (Lipinski definition) is 0. The molecule has 22 heavy (non-hydrogen) atoms. The van der Waals surface area contributed by atoms with Gasteiger partial charge in [-0.05, 0) is 43.3 Å². The van der Waals surface area contributed by atoms with E-state index in [1.54, 1.807) is 16.3 Å². The minimum Gasteiger partial charge on any atom is -0.494 e. The fraction of sp³-hybridized carbons (Fsp3) is 0.235. The Labute approximate surface area is 132 Å². The predicted molar refractivity (Wildman–Crippen MR) is 88.8 cm³/mol. The summed E-state index contributed by atoms with van der Waals surface area (Å²) in [6.07, 6.45) is 0. The van der Waals surface area contributed by atoms with Crippen molar-refractivity contribution in [2.75, 3.05) is 12.4 Å². The Morgan fingerprint density at radius 2 is 1.91 bits per heavy atom. The van der Waals surface area contributed by atoms with Gasteiger partial charge in [0.15, 0.2) is 5.58 Å². The molecule has 0 N–H and O–H groups in total. The molecule has 0 amide bonds. The first-order valence-electron chi connectivity index (χ1n) is 7.22. The second-order valence-electron chi connectivity index (χ2n) is 4.74. The molecule has 1 heterocycles. The predicted octanol–water partition coefficient (Wildman–Crippen LogP) is 3.79. The van der Waals surface area contributed by atoms with Crippen molar-refractivity contribution >= 4 is 22.9 Å². The van der Waals surface area contributed by atoms with Gasteiger partial charge in [-0.1, -0.05) is 12.1 Å². The summed E-state index contributed by atoms with van der Waals surface area (Å²) >= 11 is 1.71. The van der Waals surface area contributed by atoms with Gasteiger partial charge >= 0.3 is 5.76 Å². The maximum absolute atomic E-state index is 11.9. The van der Waals surface area contributed by atoms with Gasteiger partial charge in [0.25, 0.3) is 0 Å². The van der Waals surface area contributed by atoms with Crippen LogP contribution in [0, 0.1) is 0 Å². The van der Waals surface area contributed by atoms with Crippen LogP contribution in [0.2, 0.25) is 0 Å². The maximum atomic E-state index is 11.9. The van der Waals surface area contributed by atoms with Crippen LogP contribution in [0.1, 0.15) is 6.92 Å². The van der Waals surface area contributed by atoms with Crippen molar-refractivity contribution in [3.8, 4) is 5.75 Å². The number of oxazole rings is 1. The van der Waals surface area contributed by atoms with Crippen molar-refractivity contribution in [2.24, 2.45) is 0 Å². The fourth-order valence-electron chi connectivity index (χ4n) is 2.28. The molecule has 0 spiro atoms. The highest BCUT2D eigenvalue weighted by atomic mass is 32.2. The van der Waals surface area contributed by atoms with Gasteiger partial charge in [0.2, 0.25) is 0 Å². The average Bonchev–Trinajstić information content (AvgIpc) is 2.85. The van der Waals surface area contributed by atoms with Crippen LogP contribution in [0.5, 0.6) is 5.75 Å². The highest BCUT2D eigenvalue weighted by molar-refractivity contribution is 7.99. The molecule has 3 rings (SSSR count). The standard InChI is InChI=1S/C17H17NO3S/c1-2-20-13-7-9-14(10-8-13)22-12-11-18-15-5-3-4-6-16(15)21-17(18)19/h3-10H,2,11-12H2,1H3. The van der Waals surface area contributed by atoms with Crippen LogP contribution in [-0.4, -0.2) is 16.9 Å². The van der Waals surface area contributed by atoms with Gasteiger partial charge in [0, 0.05) is 17.2 Å². The maximum Gasteiger partial charge on any atom is 0.419 e. The topological polar surface area (TPSA) is 44.4 Å². The highest BCUT2D eigenvalue weighted by Gasteiger charge is 2.07. The molecule has 0 fully saturated rings. The molecule has 1 aromatic heterocycles. The number of para-hydroxylation sites is 2. The number of benzene rings is 2. The van der Waals surface area contributed by atoms with E-state index in [4.69, 9.17) is 9.15 Å². The number of aryl methyl sites for hydroxylation is 1. The Bertz CT molecular complexity index is 805. The normalized spacial score (nSPS) is 11.0. The molecule has 0 bridgehead atoms. The van der Waals surface area contributed by atoms with Gasteiger partial charge < -0.3 is 9.15 Å². The minimum atomic E-state index is -0.298. The molecule has 0 aliphatic rings. The van der Waals surface area contributed by atoms with E-state index in [0.717, 1.165) is 21.9 Å². The van der Waals surface area contributed by atoms with Crippen LogP contribution >= 0.6 is 11.8 Å². The largest absolute Gasteiger partial charge is 0.494 e. The molecule has 4 nitrogen and oxygen atoms in total. The van der Waals surface area contributed by atoms with Crippen LogP contribution in [0.15, 0.2) is 62.6 Å². The molecule has 0 unspecified atom stereocenters. The Kier molecular flexibility index (Phi) is 4.53.